The van der Waals surface area contributed by atoms with Gasteiger partial charge in [-0.1, -0.05) is 19.0 Å². The van der Waals surface area contributed by atoms with Crippen LogP contribution in [0.1, 0.15) is 72.6 Å². The van der Waals surface area contributed by atoms with Crippen LogP contribution in [-0.4, -0.2) is 37.1 Å². The number of fused-ring (bicyclic) bond motifs is 1. The lowest BCUT2D eigenvalue weighted by atomic mass is 9.96. The van der Waals surface area contributed by atoms with E-state index in [2.05, 4.69) is 10.3 Å². The van der Waals surface area contributed by atoms with Gasteiger partial charge in [-0.05, 0) is 38.2 Å². The minimum absolute atomic E-state index is 0.00710. The Labute approximate surface area is 152 Å². The van der Waals surface area contributed by atoms with Gasteiger partial charge < -0.3 is 9.42 Å². The van der Waals surface area contributed by atoms with Crippen LogP contribution in [0.15, 0.2) is 29.0 Å². The Hall–Kier alpha value is -2.70. The quantitative estimate of drug-likeness (QED) is 0.720. The number of aromatic nitrogens is 4. The van der Waals surface area contributed by atoms with Gasteiger partial charge in [-0.3, -0.25) is 4.79 Å². The Morgan fingerprint density at radius 2 is 2.15 bits per heavy atom. The van der Waals surface area contributed by atoms with Crippen molar-refractivity contribution in [3.63, 3.8) is 0 Å². The van der Waals surface area contributed by atoms with Crippen molar-refractivity contribution in [2.75, 3.05) is 6.54 Å². The molecule has 1 fully saturated rings. The number of hydrogen-bond acceptors (Lipinski definition) is 5. The Morgan fingerprint density at radius 1 is 1.31 bits per heavy atom. The number of nitrogens with zero attached hydrogens (tertiary/aromatic N) is 5. The normalized spacial score (nSPS) is 18.0. The number of rotatable bonds is 3. The van der Waals surface area contributed by atoms with Gasteiger partial charge in [0.1, 0.15) is 11.3 Å². The number of likely N-dealkylation sites (tertiary alicyclic amines) is 1. The van der Waals surface area contributed by atoms with Crippen LogP contribution < -0.4 is 0 Å². The zero-order valence-electron chi connectivity index (χ0n) is 15.3. The van der Waals surface area contributed by atoms with Gasteiger partial charge in [-0.25, -0.2) is 9.50 Å². The van der Waals surface area contributed by atoms with Crippen LogP contribution in [0.3, 0.4) is 0 Å². The summed E-state index contributed by atoms with van der Waals surface area (Å²) in [6, 6.07) is 3.80. The number of carbonyl (C=O) groups excluding carboxylic acids is 1. The van der Waals surface area contributed by atoms with Crippen molar-refractivity contribution in [3.8, 4) is 0 Å². The smallest absolute Gasteiger partial charge is 0.259 e. The summed E-state index contributed by atoms with van der Waals surface area (Å²) >= 11 is 0. The first-order valence-corrected chi connectivity index (χ1v) is 9.13. The summed E-state index contributed by atoms with van der Waals surface area (Å²) in [7, 11) is 0. The highest BCUT2D eigenvalue weighted by Crippen LogP contribution is 2.33. The SMILES string of the molecule is Cc1onc(C(C)C)c1C(=O)N1CCCCC1c1ccn2nccc2n1. The zero-order chi connectivity index (χ0) is 18.3. The van der Waals surface area contributed by atoms with Gasteiger partial charge >= 0.3 is 0 Å². The number of carbonyl (C=O) groups is 1. The molecule has 3 aromatic rings. The van der Waals surface area contributed by atoms with E-state index in [1.54, 1.807) is 10.7 Å². The average molecular weight is 353 g/mol. The fourth-order valence-electron chi connectivity index (χ4n) is 3.68. The molecule has 0 radical (unpaired) electrons. The van der Waals surface area contributed by atoms with E-state index >= 15 is 0 Å². The highest BCUT2D eigenvalue weighted by molar-refractivity contribution is 5.96. The van der Waals surface area contributed by atoms with Crippen LogP contribution in [0.2, 0.25) is 0 Å². The standard InChI is InChI=1S/C19H23N5O2/c1-12(2)18-17(13(3)26-22-18)19(25)23-10-5-4-6-15(23)14-8-11-24-16(21-14)7-9-20-24/h7-9,11-12,15H,4-6,10H2,1-3H3. The molecule has 1 atom stereocenters. The van der Waals surface area contributed by atoms with E-state index in [1.807, 2.05) is 44.0 Å². The van der Waals surface area contributed by atoms with E-state index in [0.717, 1.165) is 42.8 Å². The Morgan fingerprint density at radius 3 is 2.96 bits per heavy atom. The molecule has 0 spiro atoms. The summed E-state index contributed by atoms with van der Waals surface area (Å²) < 4.78 is 7.07. The van der Waals surface area contributed by atoms with Crippen LogP contribution in [0.4, 0.5) is 0 Å². The summed E-state index contributed by atoms with van der Waals surface area (Å²) in [6.07, 6.45) is 6.62. The van der Waals surface area contributed by atoms with Gasteiger partial charge in [-0.2, -0.15) is 5.10 Å². The topological polar surface area (TPSA) is 76.5 Å². The number of amides is 1. The molecule has 0 aromatic carbocycles. The minimum Gasteiger partial charge on any atom is -0.361 e. The van der Waals surface area contributed by atoms with Gasteiger partial charge in [0, 0.05) is 18.8 Å². The Kier molecular flexibility index (Phi) is 4.22. The van der Waals surface area contributed by atoms with Crippen LogP contribution in [0.25, 0.3) is 5.65 Å². The van der Waals surface area contributed by atoms with Gasteiger partial charge in [-0.15, -0.1) is 0 Å². The Balaban J connectivity index is 1.71. The van der Waals surface area contributed by atoms with E-state index in [-0.39, 0.29) is 17.9 Å². The molecule has 7 heteroatoms. The highest BCUT2D eigenvalue weighted by Gasteiger charge is 2.33. The van der Waals surface area contributed by atoms with Gasteiger partial charge in [0.15, 0.2) is 5.65 Å². The summed E-state index contributed by atoms with van der Waals surface area (Å²) in [5.74, 6) is 0.713. The second-order valence-corrected chi connectivity index (χ2v) is 7.15. The Bertz CT molecular complexity index is 942. The molecule has 4 heterocycles. The van der Waals surface area contributed by atoms with Crippen LogP contribution in [0, 0.1) is 6.92 Å². The molecule has 136 valence electrons. The largest absolute Gasteiger partial charge is 0.361 e. The molecule has 0 bridgehead atoms. The van der Waals surface area contributed by atoms with E-state index in [4.69, 9.17) is 9.51 Å². The third kappa shape index (κ3) is 2.77. The number of hydrogen-bond donors (Lipinski definition) is 0. The first kappa shape index (κ1) is 16.8. The first-order valence-electron chi connectivity index (χ1n) is 9.13. The van der Waals surface area contributed by atoms with E-state index < -0.39 is 0 Å². The molecule has 1 saturated heterocycles. The molecule has 3 aromatic heterocycles. The fourth-order valence-corrected chi connectivity index (χ4v) is 3.68. The summed E-state index contributed by atoms with van der Waals surface area (Å²) in [6.45, 7) is 6.58. The van der Waals surface area contributed by atoms with Crippen molar-refractivity contribution < 1.29 is 9.32 Å². The molecular formula is C19H23N5O2. The van der Waals surface area contributed by atoms with Crippen LogP contribution >= 0.6 is 0 Å². The second-order valence-electron chi connectivity index (χ2n) is 7.15. The second kappa shape index (κ2) is 6.55. The van der Waals surface area contributed by atoms with Crippen molar-refractivity contribution >= 4 is 11.6 Å². The minimum atomic E-state index is -0.0366. The zero-order valence-corrected chi connectivity index (χ0v) is 15.3. The molecule has 0 saturated carbocycles. The molecule has 1 aliphatic rings. The number of piperidine rings is 1. The predicted molar refractivity (Wildman–Crippen MR) is 95.9 cm³/mol. The number of aryl methyl sites for hydroxylation is 1. The lowest BCUT2D eigenvalue weighted by Crippen LogP contribution is -2.39. The molecule has 0 N–H and O–H groups in total. The van der Waals surface area contributed by atoms with E-state index in [1.165, 1.54) is 0 Å². The molecule has 0 aliphatic carbocycles. The maximum Gasteiger partial charge on any atom is 0.259 e. The third-order valence-corrected chi connectivity index (χ3v) is 5.03. The van der Waals surface area contributed by atoms with E-state index in [0.29, 0.717) is 11.3 Å². The van der Waals surface area contributed by atoms with Crippen LogP contribution in [-0.2, 0) is 0 Å². The predicted octanol–water partition coefficient (Wildman–Crippen LogP) is 3.52. The van der Waals surface area contributed by atoms with Gasteiger partial charge in [0.25, 0.3) is 5.91 Å². The molecule has 4 rings (SSSR count). The maximum absolute atomic E-state index is 13.4. The third-order valence-electron chi connectivity index (χ3n) is 5.03. The average Bonchev–Trinajstić information content (AvgIpc) is 3.26. The van der Waals surface area contributed by atoms with Crippen molar-refractivity contribution in [1.29, 1.82) is 0 Å². The molecule has 26 heavy (non-hydrogen) atoms. The molecule has 1 amide bonds. The molecular weight excluding hydrogens is 330 g/mol. The summed E-state index contributed by atoms with van der Waals surface area (Å²) in [4.78, 5) is 20.0. The van der Waals surface area contributed by atoms with Gasteiger partial charge in [0.05, 0.1) is 23.6 Å². The van der Waals surface area contributed by atoms with Crippen molar-refractivity contribution in [2.45, 2.75) is 52.0 Å². The fraction of sp³-hybridized carbons (Fsp3) is 0.474. The lowest BCUT2D eigenvalue weighted by molar-refractivity contribution is 0.0603. The summed E-state index contributed by atoms with van der Waals surface area (Å²) in [5, 5.41) is 8.31. The monoisotopic (exact) mass is 353 g/mol. The molecule has 1 aliphatic heterocycles. The lowest BCUT2D eigenvalue weighted by Gasteiger charge is -2.35. The van der Waals surface area contributed by atoms with Gasteiger partial charge in [0.2, 0.25) is 0 Å². The molecule has 7 nitrogen and oxygen atoms in total. The maximum atomic E-state index is 13.4. The van der Waals surface area contributed by atoms with Crippen LogP contribution in [0.5, 0.6) is 0 Å². The van der Waals surface area contributed by atoms with E-state index in [9.17, 15) is 4.79 Å². The highest BCUT2D eigenvalue weighted by atomic mass is 16.5. The summed E-state index contributed by atoms with van der Waals surface area (Å²) in [5.41, 5.74) is 3.05. The van der Waals surface area contributed by atoms with Crippen molar-refractivity contribution in [2.24, 2.45) is 0 Å². The van der Waals surface area contributed by atoms with Crippen molar-refractivity contribution in [3.05, 3.63) is 47.2 Å². The first-order chi connectivity index (χ1) is 12.6. The molecule has 1 unspecified atom stereocenters. The van der Waals surface area contributed by atoms with Crippen molar-refractivity contribution in [1.82, 2.24) is 24.7 Å².